The van der Waals surface area contributed by atoms with E-state index in [9.17, 15) is 72.2 Å². The monoisotopic (exact) mass is 1490 g/mol. The van der Waals surface area contributed by atoms with Gasteiger partial charge in [0.2, 0.25) is 23.7 Å². The molecule has 0 unspecified atom stereocenters. The maximum Gasteiger partial charge on any atom is 0.416 e. The van der Waals surface area contributed by atoms with Crippen LogP contribution >= 0.6 is 31.9 Å². The van der Waals surface area contributed by atoms with Gasteiger partial charge in [-0.1, -0.05) is 74.5 Å². The average Bonchev–Trinajstić information content (AvgIpc) is 0.811. The van der Waals surface area contributed by atoms with Gasteiger partial charge in [-0.15, -0.1) is 0 Å². The Labute approximate surface area is 572 Å². The van der Waals surface area contributed by atoms with Crippen LogP contribution in [0.25, 0.3) is 0 Å². The van der Waals surface area contributed by atoms with Crippen molar-refractivity contribution in [1.29, 1.82) is 0 Å². The van der Waals surface area contributed by atoms with Crippen molar-refractivity contribution in [2.45, 2.75) is 210 Å². The first kappa shape index (κ1) is 74.4. The molecule has 27 heteroatoms. The first-order chi connectivity index (χ1) is 45.8. The third-order valence-electron chi connectivity index (χ3n) is 18.8. The maximum absolute atomic E-state index is 14.4. The zero-order chi connectivity index (χ0) is 70.1. The number of aromatic nitrogens is 4. The Bertz CT molecular complexity index is 3510. The highest BCUT2D eigenvalue weighted by Crippen LogP contribution is 2.43. The second-order valence-corrected chi connectivity index (χ2v) is 27.5. The smallest absolute Gasteiger partial charge is 0.416 e. The molecule has 97 heavy (non-hydrogen) atoms. The standard InChI is InChI=1S/C36H39BrF6N4O3.C34H37BrF6N4O2/c1-3-29-17-30(18-31(15-23-7-5-4-6-8-23)47(29)33(49)25-9-11-32(12-10-25)50-22(2)48)46(34-44-19-28(37)20-45-34)21-24-13-26(35(38,39)40)16-27(14-24)36(41,42)43;1-2-27-16-28(17-29(14-21-6-4-3-5-7-21)45(27)31(47)23-8-10-30(46)11-9-23)44(32-42-18-26(35)19-43-32)20-22-12-24(33(36,37)38)15-25(13-22)34(39,40)41/h4-8,13-14,16,19-20,25,29-32H,3,9-12,15,17-18,21H2,1-2H3;3-7,12-13,15,18-19,23,27-30,46H,2,8-11,14,16-17,20H2,1H3/t25?,29-,30+,31+,32?;23?,27-,28+,29+,30?/m11/s1. The minimum atomic E-state index is -4.99. The van der Waals surface area contributed by atoms with Crippen LogP contribution in [0.4, 0.5) is 64.6 Å². The normalized spacial score (nSPS) is 23.4. The number of rotatable bonds is 17. The van der Waals surface area contributed by atoms with Crippen molar-refractivity contribution in [2.75, 3.05) is 9.80 Å². The topological polar surface area (TPSA) is 145 Å². The number of hydrogen-bond donors (Lipinski definition) is 1. The molecule has 1 N–H and O–H groups in total. The summed E-state index contributed by atoms with van der Waals surface area (Å²) in [4.78, 5) is 64.9. The highest BCUT2D eigenvalue weighted by molar-refractivity contribution is 9.10. The van der Waals surface area contributed by atoms with Gasteiger partial charge in [-0.3, -0.25) is 14.4 Å². The van der Waals surface area contributed by atoms with E-state index in [1.807, 2.05) is 84.3 Å². The summed E-state index contributed by atoms with van der Waals surface area (Å²) in [6.07, 6.45) is -6.28. The van der Waals surface area contributed by atoms with E-state index >= 15 is 0 Å². The fourth-order valence-electron chi connectivity index (χ4n) is 14.2. The number of aliphatic hydroxyl groups is 1. The van der Waals surface area contributed by atoms with Gasteiger partial charge in [-0.05, 0) is 193 Å². The van der Waals surface area contributed by atoms with Crippen LogP contribution in [-0.2, 0) is 69.8 Å². The predicted octanol–water partition coefficient (Wildman–Crippen LogP) is 17.0. The highest BCUT2D eigenvalue weighted by Gasteiger charge is 2.47. The van der Waals surface area contributed by atoms with Crippen molar-refractivity contribution in [3.63, 3.8) is 0 Å². The summed E-state index contributed by atoms with van der Waals surface area (Å²) in [7, 11) is 0. The molecule has 2 aliphatic carbocycles. The van der Waals surface area contributed by atoms with Gasteiger partial charge in [0.05, 0.1) is 37.3 Å². The van der Waals surface area contributed by atoms with Crippen LogP contribution in [0.1, 0.15) is 155 Å². The van der Waals surface area contributed by atoms with E-state index in [1.54, 1.807) is 9.80 Å². The number of carbonyl (C=O) groups is 3. The number of amides is 2. The molecule has 6 aromatic rings. The lowest BCUT2D eigenvalue weighted by Gasteiger charge is -2.49. The Morgan fingerprint density at radius 3 is 1.11 bits per heavy atom. The Morgan fingerprint density at radius 1 is 0.485 bits per heavy atom. The molecule has 6 atom stereocenters. The number of nitrogens with zero attached hydrogens (tertiary/aromatic N) is 8. The van der Waals surface area contributed by atoms with Gasteiger partial charge in [0.1, 0.15) is 6.10 Å². The molecule has 524 valence electrons. The SMILES string of the molecule is CC[C@@H]1C[C@H](N(Cc2cc(C(F)(F)F)cc(C(F)(F)F)c2)c2ncc(Br)cn2)C[C@H](Cc2ccccc2)N1C(=O)C1CCC(O)CC1.CC[C@@H]1C[C@H](N(Cc2cc(C(F)(F)F)cc(C(F)(F)F)c2)c2ncc(Br)cn2)C[C@H](Cc2ccccc2)N1C(=O)C1CCC(OC(C)=O)CC1. The number of piperidine rings is 2. The van der Waals surface area contributed by atoms with Crippen LogP contribution < -0.4 is 9.80 Å². The second kappa shape index (κ2) is 32.0. The number of alkyl halides is 12. The Hall–Kier alpha value is -6.87. The van der Waals surface area contributed by atoms with Crippen molar-refractivity contribution in [3.05, 3.63) is 175 Å². The number of likely N-dealkylation sites (tertiary alicyclic amines) is 2. The van der Waals surface area contributed by atoms with Gasteiger partial charge in [-0.2, -0.15) is 52.7 Å². The quantitative estimate of drug-likeness (QED) is 0.0688. The number of carbonyl (C=O) groups excluding carboxylic acids is 3. The number of anilines is 2. The molecule has 2 aromatic heterocycles. The lowest BCUT2D eigenvalue weighted by Crippen LogP contribution is -2.59. The Morgan fingerprint density at radius 2 is 0.804 bits per heavy atom. The van der Waals surface area contributed by atoms with Crippen LogP contribution in [0.15, 0.2) is 131 Å². The lowest BCUT2D eigenvalue weighted by molar-refractivity contribution is -0.151. The van der Waals surface area contributed by atoms with Crippen molar-refractivity contribution in [1.82, 2.24) is 29.7 Å². The Kier molecular flexibility index (Phi) is 24.5. The van der Waals surface area contributed by atoms with E-state index in [0.717, 1.165) is 35.4 Å². The minimum absolute atomic E-state index is 0.0108. The zero-order valence-corrected chi connectivity index (χ0v) is 56.7. The zero-order valence-electron chi connectivity index (χ0n) is 53.5. The lowest BCUT2D eigenvalue weighted by atomic mass is 9.81. The number of hydrogen-bond acceptors (Lipinski definition) is 11. The molecule has 0 radical (unpaired) electrons. The molecule has 4 fully saturated rings. The third-order valence-corrected chi connectivity index (χ3v) is 19.7. The molecule has 13 nitrogen and oxygen atoms in total. The van der Waals surface area contributed by atoms with E-state index in [-0.39, 0.29) is 108 Å². The van der Waals surface area contributed by atoms with Crippen molar-refractivity contribution >= 4 is 61.5 Å². The van der Waals surface area contributed by atoms with E-state index < -0.39 is 65.1 Å². The van der Waals surface area contributed by atoms with Crippen molar-refractivity contribution in [2.24, 2.45) is 11.8 Å². The molecule has 4 heterocycles. The van der Waals surface area contributed by atoms with Crippen LogP contribution in [0.3, 0.4) is 0 Å². The maximum atomic E-state index is 14.4. The molecular weight excluding hydrogens is 1420 g/mol. The van der Waals surface area contributed by atoms with Gasteiger partial charge >= 0.3 is 30.7 Å². The Balaban J connectivity index is 0.000000228. The van der Waals surface area contributed by atoms with Gasteiger partial charge in [0.25, 0.3) is 0 Å². The van der Waals surface area contributed by atoms with Crippen LogP contribution in [-0.4, -0.2) is 101 Å². The number of esters is 1. The second-order valence-electron chi connectivity index (χ2n) is 25.6. The van der Waals surface area contributed by atoms with E-state index in [1.165, 1.54) is 31.7 Å². The summed E-state index contributed by atoms with van der Waals surface area (Å²) in [5.41, 5.74) is -3.92. The molecule has 0 bridgehead atoms. The summed E-state index contributed by atoms with van der Waals surface area (Å²) in [5.74, 6) is -0.477. The molecule has 4 aromatic carbocycles. The first-order valence-electron chi connectivity index (χ1n) is 32.5. The summed E-state index contributed by atoms with van der Waals surface area (Å²) >= 11 is 6.60. The summed E-state index contributed by atoms with van der Waals surface area (Å²) in [5, 5.41) is 10.1. The fraction of sp³-hybridized carbons (Fsp3) is 0.500. The van der Waals surface area contributed by atoms with Crippen molar-refractivity contribution < 1.29 is 76.9 Å². The average molecular weight is 1500 g/mol. The van der Waals surface area contributed by atoms with Crippen LogP contribution in [0.5, 0.6) is 0 Å². The molecule has 2 saturated carbocycles. The molecule has 2 saturated heterocycles. The summed E-state index contributed by atoms with van der Waals surface area (Å²) < 4.78 is 172. The van der Waals surface area contributed by atoms with E-state index in [2.05, 4.69) is 51.8 Å². The number of halogens is 14. The van der Waals surface area contributed by atoms with Gasteiger partial charge in [0.15, 0.2) is 0 Å². The van der Waals surface area contributed by atoms with Gasteiger partial charge in [-0.25, -0.2) is 19.9 Å². The minimum Gasteiger partial charge on any atom is -0.463 e. The first-order valence-corrected chi connectivity index (χ1v) is 34.1. The summed E-state index contributed by atoms with van der Waals surface area (Å²) in [6.45, 7) is 4.68. The molecule has 2 aliphatic heterocycles. The third kappa shape index (κ3) is 19.7. The fourth-order valence-corrected chi connectivity index (χ4v) is 14.7. The molecule has 2 amide bonds. The molecule has 0 spiro atoms. The number of aliphatic hydroxyl groups excluding tert-OH is 1. The van der Waals surface area contributed by atoms with Crippen LogP contribution in [0.2, 0.25) is 0 Å². The highest BCUT2D eigenvalue weighted by atomic mass is 79.9. The van der Waals surface area contributed by atoms with Crippen LogP contribution in [0, 0.1) is 11.8 Å². The van der Waals surface area contributed by atoms with Gasteiger partial charge < -0.3 is 29.4 Å². The van der Waals surface area contributed by atoms with E-state index in [0.29, 0.717) is 112 Å². The van der Waals surface area contributed by atoms with Gasteiger partial charge in [0, 0.05) is 92.9 Å². The molecular formula is C70H76Br2F12N8O5. The molecule has 10 rings (SSSR count). The number of ether oxygens (including phenoxy) is 1. The van der Waals surface area contributed by atoms with Crippen molar-refractivity contribution in [3.8, 4) is 0 Å². The predicted molar refractivity (Wildman–Crippen MR) is 346 cm³/mol. The number of benzene rings is 4. The molecule has 4 aliphatic rings. The largest absolute Gasteiger partial charge is 0.463 e. The summed E-state index contributed by atoms with van der Waals surface area (Å²) in [6, 6.07) is 20.5. The van der Waals surface area contributed by atoms with E-state index in [4.69, 9.17) is 4.74 Å².